The number of H-pyrrole nitrogens is 2. The second-order valence-corrected chi connectivity index (χ2v) is 4.08. The third-order valence-electron chi connectivity index (χ3n) is 2.83. The van der Waals surface area contributed by atoms with E-state index in [1.165, 1.54) is 6.07 Å². The van der Waals surface area contributed by atoms with E-state index in [1.54, 1.807) is 6.20 Å². The maximum absolute atomic E-state index is 11.3. The molecule has 5 nitrogen and oxygen atoms in total. The van der Waals surface area contributed by atoms with E-state index < -0.39 is 0 Å². The predicted molar refractivity (Wildman–Crippen MR) is 70.0 cm³/mol. The Kier molecular flexibility index (Phi) is 2.46. The number of benzene rings is 1. The van der Waals surface area contributed by atoms with Crippen LogP contribution in [0.15, 0.2) is 41.3 Å². The number of hydrogen-bond donors (Lipinski definition) is 3. The fourth-order valence-corrected chi connectivity index (χ4v) is 1.91. The van der Waals surface area contributed by atoms with Crippen molar-refractivity contribution in [1.82, 2.24) is 15.0 Å². The van der Waals surface area contributed by atoms with E-state index >= 15 is 0 Å². The highest BCUT2D eigenvalue weighted by Gasteiger charge is 2.05. The van der Waals surface area contributed by atoms with Gasteiger partial charge < -0.3 is 15.7 Å². The average Bonchev–Trinajstić information content (AvgIpc) is 2.81. The van der Waals surface area contributed by atoms with Crippen molar-refractivity contribution in [3.05, 3.63) is 52.4 Å². The van der Waals surface area contributed by atoms with Crippen molar-refractivity contribution in [1.29, 1.82) is 0 Å². The van der Waals surface area contributed by atoms with E-state index in [1.807, 2.05) is 24.3 Å². The van der Waals surface area contributed by atoms with Gasteiger partial charge in [0.25, 0.3) is 0 Å². The number of pyridine rings is 1. The zero-order chi connectivity index (χ0) is 12.5. The molecule has 2 heterocycles. The molecule has 0 spiro atoms. The van der Waals surface area contributed by atoms with Crippen LogP contribution in [0.4, 0.5) is 0 Å². The Morgan fingerprint density at radius 2 is 2.11 bits per heavy atom. The van der Waals surface area contributed by atoms with Crippen LogP contribution in [0.1, 0.15) is 5.56 Å². The minimum atomic E-state index is -0.143. The van der Waals surface area contributed by atoms with E-state index in [-0.39, 0.29) is 5.56 Å². The molecule has 0 fully saturated rings. The van der Waals surface area contributed by atoms with Gasteiger partial charge in [-0.05, 0) is 23.8 Å². The number of hydrogen-bond acceptors (Lipinski definition) is 3. The summed E-state index contributed by atoms with van der Waals surface area (Å²) in [6.45, 7) is 0.495. The second kappa shape index (κ2) is 4.12. The molecule has 18 heavy (non-hydrogen) atoms. The number of nitrogens with two attached hydrogens (primary N) is 1. The molecule has 1 aromatic carbocycles. The van der Waals surface area contributed by atoms with E-state index in [4.69, 9.17) is 5.73 Å². The molecule has 0 amide bonds. The Bertz CT molecular complexity index is 757. The van der Waals surface area contributed by atoms with Crippen molar-refractivity contribution in [3.63, 3.8) is 0 Å². The van der Waals surface area contributed by atoms with Crippen LogP contribution >= 0.6 is 0 Å². The van der Waals surface area contributed by atoms with Crippen LogP contribution in [0.2, 0.25) is 0 Å². The van der Waals surface area contributed by atoms with Gasteiger partial charge in [-0.2, -0.15) is 0 Å². The molecule has 0 aliphatic rings. The Labute approximate surface area is 103 Å². The molecule has 2 aromatic heterocycles. The quantitative estimate of drug-likeness (QED) is 0.632. The summed E-state index contributed by atoms with van der Waals surface area (Å²) in [7, 11) is 0. The molecule has 0 bridgehead atoms. The van der Waals surface area contributed by atoms with Crippen LogP contribution in [0.5, 0.6) is 0 Å². The lowest BCUT2D eigenvalue weighted by Crippen LogP contribution is -2.02. The summed E-state index contributed by atoms with van der Waals surface area (Å²) in [4.78, 5) is 21.5. The molecule has 0 saturated heterocycles. The van der Waals surface area contributed by atoms with Crippen molar-refractivity contribution in [2.45, 2.75) is 6.54 Å². The first-order valence-electron chi connectivity index (χ1n) is 5.64. The fourth-order valence-electron chi connectivity index (χ4n) is 1.91. The van der Waals surface area contributed by atoms with Gasteiger partial charge in [0.2, 0.25) is 5.56 Å². The maximum atomic E-state index is 11.3. The number of fused-ring (bicyclic) bond motifs is 1. The smallest absolute Gasteiger partial charge is 0.248 e. The number of aromatic amines is 2. The fraction of sp³-hybridized carbons (Fsp3) is 0.0769. The van der Waals surface area contributed by atoms with Crippen molar-refractivity contribution in [3.8, 4) is 11.4 Å². The predicted octanol–water partition coefficient (Wildman–Crippen LogP) is 1.38. The first kappa shape index (κ1) is 10.7. The summed E-state index contributed by atoms with van der Waals surface area (Å²) in [6.07, 6.45) is 1.61. The van der Waals surface area contributed by atoms with Crippen LogP contribution in [-0.2, 0) is 6.54 Å². The van der Waals surface area contributed by atoms with Gasteiger partial charge in [-0.3, -0.25) is 4.79 Å². The minimum absolute atomic E-state index is 0.143. The van der Waals surface area contributed by atoms with Crippen LogP contribution in [-0.4, -0.2) is 15.0 Å². The number of nitrogens with one attached hydrogen (secondary N) is 2. The van der Waals surface area contributed by atoms with Gasteiger partial charge in [0, 0.05) is 24.4 Å². The summed E-state index contributed by atoms with van der Waals surface area (Å²) >= 11 is 0. The number of nitrogens with zero attached hydrogens (tertiary/aromatic N) is 1. The van der Waals surface area contributed by atoms with Crippen LogP contribution < -0.4 is 11.3 Å². The van der Waals surface area contributed by atoms with Crippen LogP contribution in [0.3, 0.4) is 0 Å². The minimum Gasteiger partial charge on any atom is -0.338 e. The summed E-state index contributed by atoms with van der Waals surface area (Å²) in [5, 5.41) is 0. The van der Waals surface area contributed by atoms with Gasteiger partial charge in [-0.15, -0.1) is 0 Å². The summed E-state index contributed by atoms with van der Waals surface area (Å²) < 4.78 is 0. The van der Waals surface area contributed by atoms with Crippen LogP contribution in [0, 0.1) is 0 Å². The van der Waals surface area contributed by atoms with E-state index in [0.29, 0.717) is 12.4 Å². The Morgan fingerprint density at radius 3 is 2.89 bits per heavy atom. The lowest BCUT2D eigenvalue weighted by Gasteiger charge is -1.94. The molecule has 5 heteroatoms. The Balaban J connectivity index is 2.16. The lowest BCUT2D eigenvalue weighted by atomic mass is 10.2. The molecule has 0 radical (unpaired) electrons. The zero-order valence-electron chi connectivity index (χ0n) is 9.60. The van der Waals surface area contributed by atoms with E-state index in [2.05, 4.69) is 15.0 Å². The topological polar surface area (TPSA) is 87.6 Å². The first-order valence-corrected chi connectivity index (χ1v) is 5.64. The maximum Gasteiger partial charge on any atom is 0.248 e. The lowest BCUT2D eigenvalue weighted by molar-refractivity contribution is 1.07. The van der Waals surface area contributed by atoms with Crippen molar-refractivity contribution in [2.75, 3.05) is 0 Å². The van der Waals surface area contributed by atoms with Crippen LogP contribution in [0.25, 0.3) is 22.4 Å². The molecule has 0 atom stereocenters. The third-order valence-corrected chi connectivity index (χ3v) is 2.83. The van der Waals surface area contributed by atoms with E-state index in [9.17, 15) is 4.79 Å². The van der Waals surface area contributed by atoms with E-state index in [0.717, 1.165) is 22.2 Å². The standard InChI is InChI=1S/C13H12N4O/c14-7-8-1-2-10-11(5-8)17-13(16-10)9-3-4-15-12(18)6-9/h1-6H,7,14H2,(H,15,18)(H,16,17). The van der Waals surface area contributed by atoms with Gasteiger partial charge in [0.15, 0.2) is 0 Å². The van der Waals surface area contributed by atoms with Gasteiger partial charge in [0.05, 0.1) is 11.0 Å². The highest BCUT2D eigenvalue weighted by molar-refractivity contribution is 5.79. The van der Waals surface area contributed by atoms with Gasteiger partial charge in [-0.1, -0.05) is 6.07 Å². The van der Waals surface area contributed by atoms with Gasteiger partial charge >= 0.3 is 0 Å². The summed E-state index contributed by atoms with van der Waals surface area (Å²) in [6, 6.07) is 9.17. The third kappa shape index (κ3) is 1.80. The number of aromatic nitrogens is 3. The second-order valence-electron chi connectivity index (χ2n) is 4.08. The molecule has 90 valence electrons. The molecule has 0 aliphatic carbocycles. The molecule has 0 saturated carbocycles. The number of rotatable bonds is 2. The van der Waals surface area contributed by atoms with Gasteiger partial charge in [0.1, 0.15) is 5.82 Å². The zero-order valence-corrected chi connectivity index (χ0v) is 9.60. The first-order chi connectivity index (χ1) is 8.76. The molecule has 0 aliphatic heterocycles. The monoisotopic (exact) mass is 240 g/mol. The van der Waals surface area contributed by atoms with Crippen molar-refractivity contribution < 1.29 is 0 Å². The Hall–Kier alpha value is -2.40. The summed E-state index contributed by atoms with van der Waals surface area (Å²) in [5.41, 5.74) is 9.06. The molecule has 0 unspecified atom stereocenters. The molecule has 3 aromatic rings. The molecular formula is C13H12N4O. The van der Waals surface area contributed by atoms with Gasteiger partial charge in [-0.25, -0.2) is 4.98 Å². The van der Waals surface area contributed by atoms with Crippen molar-refractivity contribution in [2.24, 2.45) is 5.73 Å². The Morgan fingerprint density at radius 1 is 1.22 bits per heavy atom. The average molecular weight is 240 g/mol. The molecular weight excluding hydrogens is 228 g/mol. The molecule has 4 N–H and O–H groups in total. The number of imidazole rings is 1. The summed E-state index contributed by atoms with van der Waals surface area (Å²) in [5.74, 6) is 0.685. The molecule has 3 rings (SSSR count). The highest BCUT2D eigenvalue weighted by Crippen LogP contribution is 2.19. The normalized spacial score (nSPS) is 10.9. The SMILES string of the molecule is NCc1ccc2nc(-c3cc[nH]c(=O)c3)[nH]c2c1. The van der Waals surface area contributed by atoms with Crippen molar-refractivity contribution >= 4 is 11.0 Å². The largest absolute Gasteiger partial charge is 0.338 e. The highest BCUT2D eigenvalue weighted by atomic mass is 16.1.